The SMILES string of the molecule is CCOc1ccccc1-c1nnc(CCNC(C)C)s1. The predicted octanol–water partition coefficient (Wildman–Crippen LogP) is 3.14. The van der Waals surface area contributed by atoms with Crippen LogP contribution in [0.4, 0.5) is 0 Å². The number of ether oxygens (including phenoxy) is 1. The zero-order valence-corrected chi connectivity index (χ0v) is 13.0. The molecule has 0 atom stereocenters. The Labute approximate surface area is 124 Å². The second kappa shape index (κ2) is 7.36. The molecule has 0 spiro atoms. The fourth-order valence-corrected chi connectivity index (χ4v) is 2.73. The molecule has 1 aromatic carbocycles. The lowest BCUT2D eigenvalue weighted by atomic mass is 10.2. The summed E-state index contributed by atoms with van der Waals surface area (Å²) < 4.78 is 5.64. The molecule has 4 nitrogen and oxygen atoms in total. The lowest BCUT2D eigenvalue weighted by molar-refractivity contribution is 0.341. The van der Waals surface area contributed by atoms with Crippen molar-refractivity contribution in [2.24, 2.45) is 0 Å². The Morgan fingerprint density at radius 2 is 2.05 bits per heavy atom. The first-order valence-electron chi connectivity index (χ1n) is 6.98. The van der Waals surface area contributed by atoms with Crippen LogP contribution in [0.25, 0.3) is 10.6 Å². The lowest BCUT2D eigenvalue weighted by Gasteiger charge is -2.06. The van der Waals surface area contributed by atoms with Gasteiger partial charge in [0.05, 0.1) is 12.2 Å². The van der Waals surface area contributed by atoms with E-state index in [9.17, 15) is 0 Å². The second-order valence-corrected chi connectivity index (χ2v) is 5.85. The molecule has 0 saturated heterocycles. The predicted molar refractivity (Wildman–Crippen MR) is 83.4 cm³/mol. The summed E-state index contributed by atoms with van der Waals surface area (Å²) in [6.45, 7) is 7.86. The maximum atomic E-state index is 5.64. The summed E-state index contributed by atoms with van der Waals surface area (Å²) >= 11 is 1.64. The van der Waals surface area contributed by atoms with Gasteiger partial charge < -0.3 is 10.1 Å². The standard InChI is InChI=1S/C15H21N3OS/c1-4-19-13-8-6-5-7-12(13)15-18-17-14(20-15)9-10-16-11(2)3/h5-8,11,16H,4,9-10H2,1-3H3. The maximum Gasteiger partial charge on any atom is 0.151 e. The minimum absolute atomic E-state index is 0.501. The quantitative estimate of drug-likeness (QED) is 0.851. The highest BCUT2D eigenvalue weighted by Crippen LogP contribution is 2.31. The van der Waals surface area contributed by atoms with E-state index >= 15 is 0 Å². The van der Waals surface area contributed by atoms with Crippen molar-refractivity contribution in [1.82, 2.24) is 15.5 Å². The van der Waals surface area contributed by atoms with Crippen LogP contribution in [0.3, 0.4) is 0 Å². The number of para-hydroxylation sites is 1. The van der Waals surface area contributed by atoms with Crippen molar-refractivity contribution in [2.45, 2.75) is 33.2 Å². The molecule has 0 aliphatic carbocycles. The minimum atomic E-state index is 0.501. The monoisotopic (exact) mass is 291 g/mol. The molecule has 0 radical (unpaired) electrons. The highest BCUT2D eigenvalue weighted by molar-refractivity contribution is 7.14. The summed E-state index contributed by atoms with van der Waals surface area (Å²) in [7, 11) is 0. The molecule has 1 N–H and O–H groups in total. The van der Waals surface area contributed by atoms with E-state index in [1.54, 1.807) is 11.3 Å². The summed E-state index contributed by atoms with van der Waals surface area (Å²) in [5, 5.41) is 13.9. The van der Waals surface area contributed by atoms with E-state index in [4.69, 9.17) is 4.74 Å². The molecule has 0 unspecified atom stereocenters. The van der Waals surface area contributed by atoms with Gasteiger partial charge in [-0.25, -0.2) is 0 Å². The smallest absolute Gasteiger partial charge is 0.151 e. The van der Waals surface area contributed by atoms with Gasteiger partial charge in [0, 0.05) is 19.0 Å². The molecule has 0 aliphatic rings. The van der Waals surface area contributed by atoms with Gasteiger partial charge in [-0.1, -0.05) is 37.3 Å². The van der Waals surface area contributed by atoms with Crippen LogP contribution in [0, 0.1) is 0 Å². The molecule has 2 rings (SSSR count). The van der Waals surface area contributed by atoms with Crippen LogP contribution in [0.2, 0.25) is 0 Å². The van der Waals surface area contributed by atoms with E-state index in [-0.39, 0.29) is 0 Å². The summed E-state index contributed by atoms with van der Waals surface area (Å²) in [5.41, 5.74) is 1.02. The van der Waals surface area contributed by atoms with Crippen LogP contribution in [0.1, 0.15) is 25.8 Å². The molecule has 0 bridgehead atoms. The zero-order chi connectivity index (χ0) is 14.4. The van der Waals surface area contributed by atoms with Crippen LogP contribution in [0.5, 0.6) is 5.75 Å². The first kappa shape index (κ1) is 14.9. The highest BCUT2D eigenvalue weighted by Gasteiger charge is 2.11. The van der Waals surface area contributed by atoms with Crippen molar-refractivity contribution >= 4 is 11.3 Å². The van der Waals surface area contributed by atoms with Gasteiger partial charge in [0.15, 0.2) is 5.01 Å². The topological polar surface area (TPSA) is 47.0 Å². The number of nitrogens with zero attached hydrogens (tertiary/aromatic N) is 2. The van der Waals surface area contributed by atoms with Crippen LogP contribution >= 0.6 is 11.3 Å². The number of hydrogen-bond acceptors (Lipinski definition) is 5. The molecule has 1 heterocycles. The third kappa shape index (κ3) is 4.02. The number of nitrogens with one attached hydrogen (secondary N) is 1. The number of benzene rings is 1. The largest absolute Gasteiger partial charge is 0.493 e. The Bertz CT molecular complexity index is 539. The molecule has 1 aromatic heterocycles. The van der Waals surface area contributed by atoms with Gasteiger partial charge in [0.2, 0.25) is 0 Å². The first-order chi connectivity index (χ1) is 9.70. The van der Waals surface area contributed by atoms with Gasteiger partial charge >= 0.3 is 0 Å². The Morgan fingerprint density at radius 3 is 2.80 bits per heavy atom. The Hall–Kier alpha value is -1.46. The van der Waals surface area contributed by atoms with E-state index in [2.05, 4.69) is 29.4 Å². The Balaban J connectivity index is 2.08. The fraction of sp³-hybridized carbons (Fsp3) is 0.467. The fourth-order valence-electron chi connectivity index (χ4n) is 1.86. The molecule has 5 heteroatoms. The maximum absolute atomic E-state index is 5.64. The molecule has 0 saturated carbocycles. The van der Waals surface area contributed by atoms with Crippen LogP contribution < -0.4 is 10.1 Å². The summed E-state index contributed by atoms with van der Waals surface area (Å²) in [6.07, 6.45) is 0.909. The second-order valence-electron chi connectivity index (χ2n) is 4.79. The number of hydrogen-bond donors (Lipinski definition) is 1. The van der Waals surface area contributed by atoms with Crippen molar-refractivity contribution in [3.05, 3.63) is 29.3 Å². The molecule has 108 valence electrons. The average Bonchev–Trinajstić information content (AvgIpc) is 2.88. The highest BCUT2D eigenvalue weighted by atomic mass is 32.1. The van der Waals surface area contributed by atoms with Crippen molar-refractivity contribution in [3.63, 3.8) is 0 Å². The number of rotatable bonds is 7. The Kier molecular flexibility index (Phi) is 5.49. The van der Waals surface area contributed by atoms with Gasteiger partial charge in [0.25, 0.3) is 0 Å². The molecule has 0 fully saturated rings. The summed E-state index contributed by atoms with van der Waals surface area (Å²) in [4.78, 5) is 0. The van der Waals surface area contributed by atoms with Crippen molar-refractivity contribution in [1.29, 1.82) is 0 Å². The number of aromatic nitrogens is 2. The summed E-state index contributed by atoms with van der Waals surface area (Å²) in [5.74, 6) is 0.873. The van der Waals surface area contributed by atoms with Gasteiger partial charge in [-0.3, -0.25) is 0 Å². The van der Waals surface area contributed by atoms with Crippen LogP contribution in [0.15, 0.2) is 24.3 Å². The van der Waals surface area contributed by atoms with Gasteiger partial charge in [0.1, 0.15) is 10.8 Å². The average molecular weight is 291 g/mol. The molecular weight excluding hydrogens is 270 g/mol. The van der Waals surface area contributed by atoms with E-state index in [0.29, 0.717) is 12.6 Å². The normalized spacial score (nSPS) is 11.0. The van der Waals surface area contributed by atoms with Gasteiger partial charge in [-0.2, -0.15) is 0 Å². The zero-order valence-electron chi connectivity index (χ0n) is 12.2. The third-order valence-corrected chi connectivity index (χ3v) is 3.79. The molecule has 2 aromatic rings. The first-order valence-corrected chi connectivity index (χ1v) is 7.80. The van der Waals surface area contributed by atoms with Crippen molar-refractivity contribution in [3.8, 4) is 16.3 Å². The van der Waals surface area contributed by atoms with Crippen LogP contribution in [-0.2, 0) is 6.42 Å². The van der Waals surface area contributed by atoms with E-state index < -0.39 is 0 Å². The van der Waals surface area contributed by atoms with E-state index in [1.165, 1.54) is 0 Å². The van der Waals surface area contributed by atoms with Gasteiger partial charge in [-0.15, -0.1) is 10.2 Å². The van der Waals surface area contributed by atoms with Crippen molar-refractivity contribution < 1.29 is 4.74 Å². The summed E-state index contributed by atoms with van der Waals surface area (Å²) in [6, 6.07) is 8.48. The molecule has 20 heavy (non-hydrogen) atoms. The van der Waals surface area contributed by atoms with Gasteiger partial charge in [-0.05, 0) is 19.1 Å². The van der Waals surface area contributed by atoms with E-state index in [1.807, 2.05) is 31.2 Å². The lowest BCUT2D eigenvalue weighted by Crippen LogP contribution is -2.24. The molecule has 0 amide bonds. The minimum Gasteiger partial charge on any atom is -0.493 e. The molecular formula is C15H21N3OS. The van der Waals surface area contributed by atoms with E-state index in [0.717, 1.165) is 34.3 Å². The Morgan fingerprint density at radius 1 is 1.25 bits per heavy atom. The van der Waals surface area contributed by atoms with Crippen LogP contribution in [-0.4, -0.2) is 29.4 Å². The van der Waals surface area contributed by atoms with Crippen molar-refractivity contribution in [2.75, 3.05) is 13.2 Å². The molecule has 0 aliphatic heterocycles. The third-order valence-electron chi connectivity index (χ3n) is 2.78.